The van der Waals surface area contributed by atoms with E-state index in [4.69, 9.17) is 5.73 Å². The summed E-state index contributed by atoms with van der Waals surface area (Å²) in [7, 11) is 0. The van der Waals surface area contributed by atoms with E-state index in [0.29, 0.717) is 5.69 Å². The fourth-order valence-corrected chi connectivity index (χ4v) is 3.44. The number of benzene rings is 1. The third kappa shape index (κ3) is 1.88. The molecule has 0 bridgehead atoms. The number of nitrogen functional groups attached to an aromatic ring is 1. The zero-order valence-electron chi connectivity index (χ0n) is 10.9. The molecule has 1 saturated carbocycles. The molecule has 2 aliphatic rings. The highest BCUT2D eigenvalue weighted by Crippen LogP contribution is 2.38. The van der Waals surface area contributed by atoms with Gasteiger partial charge in [0, 0.05) is 24.3 Å². The van der Waals surface area contributed by atoms with E-state index in [9.17, 15) is 4.79 Å². The van der Waals surface area contributed by atoms with Crippen LogP contribution in [0.3, 0.4) is 0 Å². The Kier molecular flexibility index (Phi) is 2.77. The Bertz CT molecular complexity index is 471. The van der Waals surface area contributed by atoms with Gasteiger partial charge in [0.25, 0.3) is 5.91 Å². The fraction of sp³-hybridized carbons (Fsp3) is 0.533. The number of likely N-dealkylation sites (tertiary alicyclic amines) is 1. The highest BCUT2D eigenvalue weighted by atomic mass is 16.2. The van der Waals surface area contributed by atoms with Gasteiger partial charge < -0.3 is 10.6 Å². The molecule has 1 saturated heterocycles. The van der Waals surface area contributed by atoms with E-state index in [1.807, 2.05) is 30.0 Å². The first-order chi connectivity index (χ1) is 8.65. The summed E-state index contributed by atoms with van der Waals surface area (Å²) >= 11 is 0. The normalized spacial score (nSPS) is 26.4. The molecule has 3 rings (SSSR count). The van der Waals surface area contributed by atoms with Crippen LogP contribution in [0.4, 0.5) is 5.69 Å². The van der Waals surface area contributed by atoms with Crippen molar-refractivity contribution in [3.05, 3.63) is 29.3 Å². The van der Waals surface area contributed by atoms with Crippen LogP contribution in [0.25, 0.3) is 0 Å². The quantitative estimate of drug-likeness (QED) is 0.771. The van der Waals surface area contributed by atoms with Crippen molar-refractivity contribution in [2.45, 2.75) is 26.2 Å². The number of hydrogen-bond donors (Lipinski definition) is 1. The van der Waals surface area contributed by atoms with Crippen molar-refractivity contribution < 1.29 is 4.79 Å². The second-order valence-electron chi connectivity index (χ2n) is 5.74. The predicted octanol–water partition coefficient (Wildman–Crippen LogP) is 2.45. The largest absolute Gasteiger partial charge is 0.399 e. The first-order valence-electron chi connectivity index (χ1n) is 6.80. The second kappa shape index (κ2) is 4.30. The van der Waals surface area contributed by atoms with E-state index in [0.717, 1.165) is 36.1 Å². The van der Waals surface area contributed by atoms with E-state index in [1.54, 1.807) is 0 Å². The Morgan fingerprint density at radius 2 is 1.94 bits per heavy atom. The Morgan fingerprint density at radius 3 is 2.61 bits per heavy atom. The molecule has 3 nitrogen and oxygen atoms in total. The maximum atomic E-state index is 12.5. The lowest BCUT2D eigenvalue weighted by Gasteiger charge is -2.18. The minimum absolute atomic E-state index is 0.161. The van der Waals surface area contributed by atoms with Crippen LogP contribution in [0.5, 0.6) is 0 Å². The van der Waals surface area contributed by atoms with Crippen LogP contribution in [-0.2, 0) is 0 Å². The van der Waals surface area contributed by atoms with Gasteiger partial charge in [-0.25, -0.2) is 0 Å². The number of fused-ring (bicyclic) bond motifs is 1. The van der Waals surface area contributed by atoms with Crippen molar-refractivity contribution in [3.8, 4) is 0 Å². The number of anilines is 1. The summed E-state index contributed by atoms with van der Waals surface area (Å²) in [6, 6.07) is 5.59. The molecule has 0 aromatic heterocycles. The maximum Gasteiger partial charge on any atom is 0.254 e. The summed E-state index contributed by atoms with van der Waals surface area (Å²) in [5, 5.41) is 0. The summed E-state index contributed by atoms with van der Waals surface area (Å²) in [6.45, 7) is 3.86. The van der Waals surface area contributed by atoms with Crippen LogP contribution in [0, 0.1) is 18.8 Å². The third-order valence-electron chi connectivity index (χ3n) is 4.51. The summed E-state index contributed by atoms with van der Waals surface area (Å²) < 4.78 is 0. The lowest BCUT2D eigenvalue weighted by atomic mass is 10.0. The molecule has 2 fully saturated rings. The summed E-state index contributed by atoms with van der Waals surface area (Å²) in [4.78, 5) is 14.5. The van der Waals surface area contributed by atoms with Crippen molar-refractivity contribution in [2.75, 3.05) is 18.8 Å². The molecule has 1 heterocycles. The lowest BCUT2D eigenvalue weighted by molar-refractivity contribution is 0.0780. The van der Waals surface area contributed by atoms with E-state index >= 15 is 0 Å². The molecule has 0 spiro atoms. The molecule has 1 aromatic rings. The molecular weight excluding hydrogens is 224 g/mol. The number of carbonyl (C=O) groups excluding carboxylic acids is 1. The Balaban J connectivity index is 1.81. The van der Waals surface area contributed by atoms with Crippen LogP contribution in [-0.4, -0.2) is 23.9 Å². The van der Waals surface area contributed by atoms with Crippen molar-refractivity contribution in [2.24, 2.45) is 11.8 Å². The maximum absolute atomic E-state index is 12.5. The topological polar surface area (TPSA) is 46.3 Å². The number of nitrogens with two attached hydrogens (primary N) is 1. The SMILES string of the molecule is Cc1ccc(N)cc1C(=O)N1CC2CCCC2C1. The van der Waals surface area contributed by atoms with E-state index in [2.05, 4.69) is 0 Å². The number of hydrogen-bond acceptors (Lipinski definition) is 2. The van der Waals surface area contributed by atoms with Gasteiger partial charge in [0.2, 0.25) is 0 Å². The number of carbonyl (C=O) groups is 1. The zero-order chi connectivity index (χ0) is 12.7. The number of amides is 1. The Hall–Kier alpha value is -1.51. The minimum atomic E-state index is 0.161. The highest BCUT2D eigenvalue weighted by Gasteiger charge is 2.38. The van der Waals surface area contributed by atoms with E-state index in [-0.39, 0.29) is 5.91 Å². The van der Waals surface area contributed by atoms with Crippen LogP contribution < -0.4 is 5.73 Å². The minimum Gasteiger partial charge on any atom is -0.399 e. The zero-order valence-corrected chi connectivity index (χ0v) is 10.9. The molecule has 0 radical (unpaired) electrons. The molecule has 3 heteroatoms. The molecule has 96 valence electrons. The first-order valence-corrected chi connectivity index (χ1v) is 6.80. The number of aryl methyl sites for hydroxylation is 1. The highest BCUT2D eigenvalue weighted by molar-refractivity contribution is 5.96. The van der Waals surface area contributed by atoms with Gasteiger partial charge >= 0.3 is 0 Å². The monoisotopic (exact) mass is 244 g/mol. The third-order valence-corrected chi connectivity index (χ3v) is 4.51. The molecule has 18 heavy (non-hydrogen) atoms. The van der Waals surface area contributed by atoms with Crippen molar-refractivity contribution in [3.63, 3.8) is 0 Å². The van der Waals surface area contributed by atoms with Gasteiger partial charge in [0.05, 0.1) is 0 Å². The summed E-state index contributed by atoms with van der Waals surface area (Å²) in [5.74, 6) is 1.65. The van der Waals surface area contributed by atoms with Gasteiger partial charge in [-0.3, -0.25) is 4.79 Å². The van der Waals surface area contributed by atoms with Crippen LogP contribution >= 0.6 is 0 Å². The fourth-order valence-electron chi connectivity index (χ4n) is 3.44. The standard InChI is InChI=1S/C15H20N2O/c1-10-5-6-13(16)7-14(10)15(18)17-8-11-3-2-4-12(11)9-17/h5-7,11-12H,2-4,8-9,16H2,1H3. The molecule has 1 aromatic carbocycles. The smallest absolute Gasteiger partial charge is 0.254 e. The van der Waals surface area contributed by atoms with Gasteiger partial charge in [-0.05, 0) is 49.3 Å². The van der Waals surface area contributed by atoms with Crippen LogP contribution in [0.2, 0.25) is 0 Å². The van der Waals surface area contributed by atoms with Gasteiger partial charge in [0.15, 0.2) is 0 Å². The van der Waals surface area contributed by atoms with Gasteiger partial charge in [0.1, 0.15) is 0 Å². The molecule has 2 atom stereocenters. The average molecular weight is 244 g/mol. The predicted molar refractivity (Wildman–Crippen MR) is 72.3 cm³/mol. The van der Waals surface area contributed by atoms with E-state index < -0.39 is 0 Å². The van der Waals surface area contributed by atoms with Crippen molar-refractivity contribution in [1.82, 2.24) is 4.90 Å². The molecule has 1 aliphatic heterocycles. The first kappa shape index (κ1) is 11.6. The Labute approximate surface area is 108 Å². The average Bonchev–Trinajstić information content (AvgIpc) is 2.91. The second-order valence-corrected chi connectivity index (χ2v) is 5.74. The summed E-state index contributed by atoms with van der Waals surface area (Å²) in [5.41, 5.74) is 8.25. The Morgan fingerprint density at radius 1 is 1.28 bits per heavy atom. The van der Waals surface area contributed by atoms with Gasteiger partial charge in [-0.15, -0.1) is 0 Å². The van der Waals surface area contributed by atoms with Crippen molar-refractivity contribution in [1.29, 1.82) is 0 Å². The molecular formula is C15H20N2O. The number of nitrogens with zero attached hydrogens (tertiary/aromatic N) is 1. The lowest BCUT2D eigenvalue weighted by Crippen LogP contribution is -2.30. The van der Waals surface area contributed by atoms with Gasteiger partial charge in [-0.1, -0.05) is 12.5 Å². The van der Waals surface area contributed by atoms with Crippen molar-refractivity contribution >= 4 is 11.6 Å². The molecule has 2 N–H and O–H groups in total. The van der Waals surface area contributed by atoms with E-state index in [1.165, 1.54) is 19.3 Å². The summed E-state index contributed by atoms with van der Waals surface area (Å²) in [6.07, 6.45) is 3.93. The number of rotatable bonds is 1. The molecule has 1 amide bonds. The van der Waals surface area contributed by atoms with Crippen LogP contribution in [0.15, 0.2) is 18.2 Å². The molecule has 1 aliphatic carbocycles. The van der Waals surface area contributed by atoms with Gasteiger partial charge in [-0.2, -0.15) is 0 Å². The van der Waals surface area contributed by atoms with Crippen LogP contribution in [0.1, 0.15) is 35.2 Å². The molecule has 2 unspecified atom stereocenters.